The smallest absolute Gasteiger partial charge is 0.249 e. The van der Waals surface area contributed by atoms with Crippen LogP contribution >= 0.6 is 0 Å². The second kappa shape index (κ2) is 3.33. The van der Waals surface area contributed by atoms with Crippen LogP contribution in [0.3, 0.4) is 0 Å². The van der Waals surface area contributed by atoms with Gasteiger partial charge in [-0.05, 0) is 42.9 Å². The van der Waals surface area contributed by atoms with Crippen molar-refractivity contribution in [3.8, 4) is 5.75 Å². The Morgan fingerprint density at radius 1 is 1.50 bits per heavy atom. The minimum absolute atomic E-state index is 0.0957. The number of amides is 1. The zero-order valence-electron chi connectivity index (χ0n) is 7.86. The highest BCUT2D eigenvalue weighted by atomic mass is 16.3. The molecule has 1 aromatic rings. The van der Waals surface area contributed by atoms with E-state index in [4.69, 9.17) is 5.73 Å². The van der Waals surface area contributed by atoms with Gasteiger partial charge < -0.3 is 10.8 Å². The molecule has 0 bridgehead atoms. The summed E-state index contributed by atoms with van der Waals surface area (Å²) in [5.74, 6) is 0.340. The fraction of sp³-hybridized carbons (Fsp3) is 0.364. The van der Waals surface area contributed by atoms with Crippen LogP contribution in [-0.4, -0.2) is 11.0 Å². The normalized spacial score (nSPS) is 15.4. The molecule has 1 fully saturated rings. The zero-order valence-corrected chi connectivity index (χ0v) is 7.86. The van der Waals surface area contributed by atoms with E-state index < -0.39 is 5.91 Å². The molecule has 0 aliphatic heterocycles. The van der Waals surface area contributed by atoms with Crippen LogP contribution in [0.2, 0.25) is 0 Å². The molecule has 0 spiro atoms. The molecule has 0 atom stereocenters. The van der Waals surface area contributed by atoms with Crippen LogP contribution in [0.15, 0.2) is 18.2 Å². The molecule has 0 aromatic heterocycles. The molecule has 1 aliphatic rings. The Hall–Kier alpha value is -1.51. The van der Waals surface area contributed by atoms with E-state index in [0.29, 0.717) is 11.5 Å². The first kappa shape index (κ1) is 9.06. The number of benzene rings is 1. The van der Waals surface area contributed by atoms with Crippen LogP contribution in [0.25, 0.3) is 0 Å². The van der Waals surface area contributed by atoms with Crippen molar-refractivity contribution < 1.29 is 9.90 Å². The van der Waals surface area contributed by atoms with Gasteiger partial charge in [-0.3, -0.25) is 4.79 Å². The molecule has 0 heterocycles. The SMILES string of the molecule is NC(=O)c1cc(O)ccc1CC1CC1. The Balaban J connectivity index is 2.31. The molecule has 3 heteroatoms. The first-order chi connectivity index (χ1) is 6.66. The third-order valence-corrected chi connectivity index (χ3v) is 2.56. The summed E-state index contributed by atoms with van der Waals surface area (Å²) in [7, 11) is 0. The number of rotatable bonds is 3. The maximum Gasteiger partial charge on any atom is 0.249 e. The van der Waals surface area contributed by atoms with Crippen molar-refractivity contribution in [3.05, 3.63) is 29.3 Å². The molecule has 0 saturated heterocycles. The van der Waals surface area contributed by atoms with Gasteiger partial charge in [-0.15, -0.1) is 0 Å². The quantitative estimate of drug-likeness (QED) is 0.759. The monoisotopic (exact) mass is 191 g/mol. The van der Waals surface area contributed by atoms with E-state index in [0.717, 1.165) is 12.0 Å². The molecule has 1 aliphatic carbocycles. The average molecular weight is 191 g/mol. The van der Waals surface area contributed by atoms with Crippen molar-refractivity contribution in [1.82, 2.24) is 0 Å². The van der Waals surface area contributed by atoms with E-state index in [1.54, 1.807) is 12.1 Å². The topological polar surface area (TPSA) is 63.3 Å². The summed E-state index contributed by atoms with van der Waals surface area (Å²) in [5, 5.41) is 9.23. The minimum Gasteiger partial charge on any atom is -0.508 e. The summed E-state index contributed by atoms with van der Waals surface area (Å²) < 4.78 is 0. The van der Waals surface area contributed by atoms with Gasteiger partial charge in [0.25, 0.3) is 0 Å². The number of nitrogens with two attached hydrogens (primary N) is 1. The summed E-state index contributed by atoms with van der Waals surface area (Å²) in [6.07, 6.45) is 3.37. The van der Waals surface area contributed by atoms with Crippen molar-refractivity contribution in [2.24, 2.45) is 11.7 Å². The lowest BCUT2D eigenvalue weighted by Crippen LogP contribution is -2.13. The lowest BCUT2D eigenvalue weighted by Gasteiger charge is -2.05. The van der Waals surface area contributed by atoms with Gasteiger partial charge in [0.2, 0.25) is 5.91 Å². The van der Waals surface area contributed by atoms with E-state index in [-0.39, 0.29) is 5.75 Å². The maximum absolute atomic E-state index is 11.1. The lowest BCUT2D eigenvalue weighted by molar-refractivity contribution is 0.0999. The largest absolute Gasteiger partial charge is 0.508 e. The number of hydrogen-bond acceptors (Lipinski definition) is 2. The number of primary amides is 1. The van der Waals surface area contributed by atoms with Gasteiger partial charge in [0.05, 0.1) is 0 Å². The molecule has 0 unspecified atom stereocenters. The predicted molar refractivity (Wildman–Crippen MR) is 53.1 cm³/mol. The van der Waals surface area contributed by atoms with Gasteiger partial charge in [-0.2, -0.15) is 0 Å². The van der Waals surface area contributed by atoms with Crippen LogP contribution in [-0.2, 0) is 6.42 Å². The lowest BCUT2D eigenvalue weighted by atomic mass is 10.0. The van der Waals surface area contributed by atoms with Crippen molar-refractivity contribution in [1.29, 1.82) is 0 Å². The number of aromatic hydroxyl groups is 1. The number of carbonyl (C=O) groups is 1. The molecule has 1 saturated carbocycles. The maximum atomic E-state index is 11.1. The zero-order chi connectivity index (χ0) is 10.1. The van der Waals surface area contributed by atoms with Gasteiger partial charge in [-0.1, -0.05) is 6.07 Å². The molecule has 3 N–H and O–H groups in total. The molecule has 74 valence electrons. The summed E-state index contributed by atoms with van der Waals surface area (Å²) in [4.78, 5) is 11.1. The average Bonchev–Trinajstić information content (AvgIpc) is 2.91. The van der Waals surface area contributed by atoms with Crippen LogP contribution in [0.4, 0.5) is 0 Å². The van der Waals surface area contributed by atoms with Gasteiger partial charge in [0.1, 0.15) is 5.75 Å². The molecule has 1 amide bonds. The highest BCUT2D eigenvalue weighted by Gasteiger charge is 2.23. The molecular weight excluding hydrogens is 178 g/mol. The molecular formula is C11H13NO2. The summed E-state index contributed by atoms with van der Waals surface area (Å²) in [5.41, 5.74) is 6.64. The number of phenolic OH excluding ortho intramolecular Hbond substituents is 1. The Bertz CT molecular complexity index is 370. The fourth-order valence-electron chi connectivity index (χ4n) is 1.60. The first-order valence-electron chi connectivity index (χ1n) is 4.78. The number of hydrogen-bond donors (Lipinski definition) is 2. The second-order valence-corrected chi connectivity index (χ2v) is 3.85. The van der Waals surface area contributed by atoms with Crippen LogP contribution < -0.4 is 5.73 Å². The van der Waals surface area contributed by atoms with Crippen molar-refractivity contribution in [2.75, 3.05) is 0 Å². The van der Waals surface area contributed by atoms with E-state index in [9.17, 15) is 9.90 Å². The highest BCUT2D eigenvalue weighted by molar-refractivity contribution is 5.94. The summed E-state index contributed by atoms with van der Waals surface area (Å²) >= 11 is 0. The van der Waals surface area contributed by atoms with Crippen LogP contribution in [0.5, 0.6) is 5.75 Å². The van der Waals surface area contributed by atoms with Gasteiger partial charge in [0, 0.05) is 5.56 Å². The van der Waals surface area contributed by atoms with E-state index in [2.05, 4.69) is 0 Å². The third-order valence-electron chi connectivity index (χ3n) is 2.56. The molecule has 0 radical (unpaired) electrons. The van der Waals surface area contributed by atoms with Crippen molar-refractivity contribution in [2.45, 2.75) is 19.3 Å². The molecule has 2 rings (SSSR count). The van der Waals surface area contributed by atoms with Crippen molar-refractivity contribution in [3.63, 3.8) is 0 Å². The Kier molecular flexibility index (Phi) is 2.15. The summed E-state index contributed by atoms with van der Waals surface area (Å²) in [6.45, 7) is 0. The fourth-order valence-corrected chi connectivity index (χ4v) is 1.60. The van der Waals surface area contributed by atoms with Gasteiger partial charge in [0.15, 0.2) is 0 Å². The van der Waals surface area contributed by atoms with Crippen LogP contribution in [0.1, 0.15) is 28.8 Å². The molecule has 1 aromatic carbocycles. The Morgan fingerprint density at radius 3 is 2.79 bits per heavy atom. The third kappa shape index (κ3) is 1.87. The molecule has 3 nitrogen and oxygen atoms in total. The van der Waals surface area contributed by atoms with Gasteiger partial charge >= 0.3 is 0 Å². The van der Waals surface area contributed by atoms with E-state index >= 15 is 0 Å². The highest BCUT2D eigenvalue weighted by Crippen LogP contribution is 2.33. The van der Waals surface area contributed by atoms with Crippen molar-refractivity contribution >= 4 is 5.91 Å². The number of phenols is 1. The predicted octanol–water partition coefficient (Wildman–Crippen LogP) is 1.44. The summed E-state index contributed by atoms with van der Waals surface area (Å²) in [6, 6.07) is 4.83. The van der Waals surface area contributed by atoms with Gasteiger partial charge in [-0.25, -0.2) is 0 Å². The van der Waals surface area contributed by atoms with Crippen LogP contribution in [0, 0.1) is 5.92 Å². The Labute approximate surface area is 82.5 Å². The molecule has 14 heavy (non-hydrogen) atoms. The standard InChI is InChI=1S/C11H13NO2/c12-11(14)10-6-9(13)4-3-8(10)5-7-1-2-7/h3-4,6-7,13H,1-2,5H2,(H2,12,14). The number of carbonyl (C=O) groups excluding carboxylic acids is 1. The van der Waals surface area contributed by atoms with E-state index in [1.807, 2.05) is 0 Å². The minimum atomic E-state index is -0.462. The first-order valence-corrected chi connectivity index (χ1v) is 4.78. The van der Waals surface area contributed by atoms with E-state index in [1.165, 1.54) is 18.9 Å². The second-order valence-electron chi connectivity index (χ2n) is 3.85. The Morgan fingerprint density at radius 2 is 2.21 bits per heavy atom.